The molecule has 0 fully saturated rings. The molecule has 3 aromatic carbocycles. The number of nitrogens with zero attached hydrogens (tertiary/aromatic N) is 1. The first-order valence-corrected chi connectivity index (χ1v) is 9.38. The van der Waals surface area contributed by atoms with Gasteiger partial charge in [0.25, 0.3) is 0 Å². The Kier molecular flexibility index (Phi) is 6.08. The third-order valence-electron chi connectivity index (χ3n) is 4.62. The Morgan fingerprint density at radius 1 is 0.815 bits per heavy atom. The van der Waals surface area contributed by atoms with E-state index >= 15 is 0 Å². The van der Waals surface area contributed by atoms with Crippen LogP contribution in [0.1, 0.15) is 23.3 Å². The molecule has 3 aromatic rings. The van der Waals surface area contributed by atoms with Crippen LogP contribution in [0.3, 0.4) is 0 Å². The van der Waals surface area contributed by atoms with E-state index in [0.717, 1.165) is 27.9 Å². The summed E-state index contributed by atoms with van der Waals surface area (Å²) in [6.45, 7) is 0. The third-order valence-corrected chi connectivity index (χ3v) is 5.36. The smallest absolute Gasteiger partial charge is 0.0982 e. The van der Waals surface area contributed by atoms with Gasteiger partial charge in [-0.25, -0.2) is 0 Å². The van der Waals surface area contributed by atoms with E-state index < -0.39 is 12.1 Å². The Labute approximate surface area is 170 Å². The molecule has 0 aliphatic rings. The lowest BCUT2D eigenvalue weighted by Crippen LogP contribution is -2.19. The number of halogens is 2. The monoisotopic (exact) mass is 400 g/mol. The van der Waals surface area contributed by atoms with Gasteiger partial charge < -0.3 is 15.7 Å². The van der Waals surface area contributed by atoms with Gasteiger partial charge in [0.15, 0.2) is 0 Å². The van der Waals surface area contributed by atoms with Gasteiger partial charge in [-0.05, 0) is 46.5 Å². The Hall–Kier alpha value is -2.04. The summed E-state index contributed by atoms with van der Waals surface area (Å²) in [4.78, 5) is 2.07. The molecule has 3 rings (SSSR count). The average molecular weight is 401 g/mol. The number of rotatable bonds is 5. The fourth-order valence-corrected chi connectivity index (χ4v) is 3.25. The van der Waals surface area contributed by atoms with Crippen molar-refractivity contribution in [1.82, 2.24) is 0 Å². The molecule has 5 heteroatoms. The minimum atomic E-state index is -0.843. The second-order valence-electron chi connectivity index (χ2n) is 6.71. The average Bonchev–Trinajstić information content (AvgIpc) is 2.69. The lowest BCUT2D eigenvalue weighted by Gasteiger charge is -2.20. The van der Waals surface area contributed by atoms with E-state index in [0.29, 0.717) is 10.0 Å². The fourth-order valence-electron chi connectivity index (χ4n) is 2.95. The van der Waals surface area contributed by atoms with Gasteiger partial charge in [-0.1, -0.05) is 65.7 Å². The molecule has 2 atom stereocenters. The van der Waals surface area contributed by atoms with Gasteiger partial charge in [0, 0.05) is 19.8 Å². The molecule has 140 valence electrons. The van der Waals surface area contributed by atoms with E-state index in [-0.39, 0.29) is 0 Å². The second-order valence-corrected chi connectivity index (χ2v) is 7.53. The maximum atomic E-state index is 10.7. The molecule has 0 bridgehead atoms. The molecule has 0 aliphatic heterocycles. The summed E-state index contributed by atoms with van der Waals surface area (Å²) >= 11 is 12.0. The van der Waals surface area contributed by atoms with Crippen molar-refractivity contribution in [2.75, 3.05) is 19.0 Å². The van der Waals surface area contributed by atoms with E-state index in [1.807, 2.05) is 44.4 Å². The largest absolute Gasteiger partial charge is 0.386 e. The molecule has 0 aliphatic carbocycles. The Morgan fingerprint density at radius 3 is 2.11 bits per heavy atom. The number of benzene rings is 3. The fraction of sp³-hybridized carbons (Fsp3) is 0.182. The van der Waals surface area contributed by atoms with Crippen molar-refractivity contribution < 1.29 is 5.11 Å². The quantitative estimate of drug-likeness (QED) is 0.597. The highest BCUT2D eigenvalue weighted by molar-refractivity contribution is 6.42. The van der Waals surface area contributed by atoms with Crippen LogP contribution in [0.2, 0.25) is 10.0 Å². The molecular weight excluding hydrogens is 379 g/mol. The van der Waals surface area contributed by atoms with E-state index in [4.69, 9.17) is 28.9 Å². The predicted molar refractivity (Wildman–Crippen MR) is 115 cm³/mol. The summed E-state index contributed by atoms with van der Waals surface area (Å²) < 4.78 is 0. The van der Waals surface area contributed by atoms with Crippen LogP contribution >= 0.6 is 23.2 Å². The number of aliphatic hydroxyl groups is 1. The Morgan fingerprint density at radius 2 is 1.48 bits per heavy atom. The first kappa shape index (κ1) is 19.7. The van der Waals surface area contributed by atoms with Crippen LogP contribution in [-0.4, -0.2) is 19.2 Å². The van der Waals surface area contributed by atoms with Crippen LogP contribution in [0.4, 0.5) is 5.69 Å². The van der Waals surface area contributed by atoms with Gasteiger partial charge in [0.1, 0.15) is 0 Å². The topological polar surface area (TPSA) is 49.5 Å². The Bertz CT molecular complexity index is 926. The maximum absolute atomic E-state index is 10.7. The number of aliphatic hydroxyl groups excluding tert-OH is 1. The minimum Gasteiger partial charge on any atom is -0.386 e. The lowest BCUT2D eigenvalue weighted by molar-refractivity contribution is 0.147. The summed E-state index contributed by atoms with van der Waals surface area (Å²) in [5.41, 5.74) is 11.1. The molecule has 0 heterocycles. The minimum absolute atomic E-state index is 0.424. The van der Waals surface area contributed by atoms with E-state index in [1.165, 1.54) is 0 Å². The van der Waals surface area contributed by atoms with Crippen LogP contribution in [0.5, 0.6) is 0 Å². The zero-order chi connectivity index (χ0) is 19.6. The van der Waals surface area contributed by atoms with E-state index in [1.54, 1.807) is 18.2 Å². The molecule has 0 saturated heterocycles. The molecule has 0 radical (unpaired) electrons. The number of hydrogen-bond donors (Lipinski definition) is 2. The van der Waals surface area contributed by atoms with Gasteiger partial charge >= 0.3 is 0 Å². The van der Waals surface area contributed by atoms with Crippen LogP contribution in [0.15, 0.2) is 66.7 Å². The zero-order valence-electron chi connectivity index (χ0n) is 15.2. The third kappa shape index (κ3) is 4.45. The van der Waals surface area contributed by atoms with Crippen molar-refractivity contribution in [2.24, 2.45) is 5.73 Å². The normalized spacial score (nSPS) is 13.3. The second kappa shape index (κ2) is 8.32. The maximum Gasteiger partial charge on any atom is 0.0982 e. The molecule has 0 unspecified atom stereocenters. The van der Waals surface area contributed by atoms with Crippen LogP contribution in [0, 0.1) is 0 Å². The summed E-state index contributed by atoms with van der Waals surface area (Å²) in [7, 11) is 4.03. The molecule has 0 aromatic heterocycles. The van der Waals surface area contributed by atoms with Crippen molar-refractivity contribution in [3.8, 4) is 11.1 Å². The molecule has 3 N–H and O–H groups in total. The zero-order valence-corrected chi connectivity index (χ0v) is 16.7. The number of nitrogens with two attached hydrogens (primary N) is 1. The van der Waals surface area contributed by atoms with Crippen molar-refractivity contribution in [3.05, 3.63) is 87.9 Å². The summed E-state index contributed by atoms with van der Waals surface area (Å²) in [5, 5.41) is 11.6. The SMILES string of the molecule is CN(C)c1cccc(-c2ccc([C@@H](O)[C@@H](N)c3ccc(Cl)c(Cl)c3)cc2)c1. The van der Waals surface area contributed by atoms with Gasteiger partial charge in [-0.15, -0.1) is 0 Å². The number of anilines is 1. The summed E-state index contributed by atoms with van der Waals surface area (Å²) in [5.74, 6) is 0. The van der Waals surface area contributed by atoms with Crippen molar-refractivity contribution in [2.45, 2.75) is 12.1 Å². The molecule has 3 nitrogen and oxygen atoms in total. The highest BCUT2D eigenvalue weighted by Crippen LogP contribution is 2.32. The molecule has 0 saturated carbocycles. The van der Waals surface area contributed by atoms with Gasteiger partial charge in [0.05, 0.1) is 22.2 Å². The van der Waals surface area contributed by atoms with Crippen LogP contribution < -0.4 is 10.6 Å². The first-order valence-electron chi connectivity index (χ1n) is 8.63. The lowest BCUT2D eigenvalue weighted by atomic mass is 9.95. The Balaban J connectivity index is 1.82. The van der Waals surface area contributed by atoms with E-state index in [9.17, 15) is 5.11 Å². The van der Waals surface area contributed by atoms with Gasteiger partial charge in [-0.3, -0.25) is 0 Å². The summed E-state index contributed by atoms with van der Waals surface area (Å²) in [6, 6.07) is 20.7. The van der Waals surface area contributed by atoms with Crippen molar-refractivity contribution >= 4 is 28.9 Å². The highest BCUT2D eigenvalue weighted by atomic mass is 35.5. The summed E-state index contributed by atoms with van der Waals surface area (Å²) in [6.07, 6.45) is -0.843. The standard InChI is InChI=1S/C22H22Cl2N2O/c1-26(2)18-5-3-4-16(12-18)14-6-8-15(9-7-14)22(27)21(25)17-10-11-19(23)20(24)13-17/h3-13,21-22,27H,25H2,1-2H3/t21-,22+/m0/s1. The van der Waals surface area contributed by atoms with Crippen LogP contribution in [-0.2, 0) is 0 Å². The molecule has 0 spiro atoms. The van der Waals surface area contributed by atoms with Gasteiger partial charge in [-0.2, -0.15) is 0 Å². The highest BCUT2D eigenvalue weighted by Gasteiger charge is 2.19. The number of hydrogen-bond acceptors (Lipinski definition) is 3. The van der Waals surface area contributed by atoms with Crippen molar-refractivity contribution in [1.29, 1.82) is 0 Å². The first-order chi connectivity index (χ1) is 12.9. The van der Waals surface area contributed by atoms with Crippen LogP contribution in [0.25, 0.3) is 11.1 Å². The van der Waals surface area contributed by atoms with Crippen molar-refractivity contribution in [3.63, 3.8) is 0 Å². The van der Waals surface area contributed by atoms with Gasteiger partial charge in [0.2, 0.25) is 0 Å². The molecule has 27 heavy (non-hydrogen) atoms. The van der Waals surface area contributed by atoms with E-state index in [2.05, 4.69) is 23.1 Å². The molecule has 0 amide bonds. The molecular formula is C22H22Cl2N2O. The predicted octanol–water partition coefficient (Wildman–Crippen LogP) is 5.46.